The molecule has 2 amide bonds. The predicted molar refractivity (Wildman–Crippen MR) is 78.6 cm³/mol. The Bertz CT molecular complexity index is 325. The fourth-order valence-electron chi connectivity index (χ4n) is 2.62. The Morgan fingerprint density at radius 3 is 2.40 bits per heavy atom. The van der Waals surface area contributed by atoms with Gasteiger partial charge in [-0.05, 0) is 30.6 Å². The molecule has 116 valence electrons. The summed E-state index contributed by atoms with van der Waals surface area (Å²) in [6.45, 7) is 5.54. The molecule has 0 saturated heterocycles. The summed E-state index contributed by atoms with van der Waals surface area (Å²) in [5.74, 6) is -0.0705. The molecule has 0 radical (unpaired) electrons. The average Bonchev–Trinajstić information content (AvgIpc) is 2.31. The Labute approximate surface area is 121 Å². The van der Waals surface area contributed by atoms with Crippen molar-refractivity contribution in [1.29, 1.82) is 0 Å². The molecule has 0 aromatic carbocycles. The highest BCUT2D eigenvalue weighted by atomic mass is 16.4. The molecule has 1 aliphatic rings. The van der Waals surface area contributed by atoms with E-state index in [4.69, 9.17) is 5.11 Å². The Morgan fingerprint density at radius 2 is 1.90 bits per heavy atom. The van der Waals surface area contributed by atoms with Gasteiger partial charge in [-0.2, -0.15) is 0 Å². The summed E-state index contributed by atoms with van der Waals surface area (Å²) in [6.07, 6.45) is 6.31. The standard InChI is InChI=1S/C15H28N2O3/c1-12(2)6-3-4-9-16-14(20)17-11-15(7-5-8-15)10-13(18)19/h12H,3-11H2,1-2H3,(H,18,19)(H2,16,17,20). The van der Waals surface area contributed by atoms with Crippen LogP contribution in [0.15, 0.2) is 0 Å². The van der Waals surface area contributed by atoms with E-state index in [0.29, 0.717) is 19.0 Å². The molecule has 1 saturated carbocycles. The minimum atomic E-state index is -0.777. The molecule has 0 aromatic rings. The predicted octanol–water partition coefficient (Wildman–Crippen LogP) is 2.76. The quantitative estimate of drug-likeness (QED) is 0.570. The molecule has 20 heavy (non-hydrogen) atoms. The van der Waals surface area contributed by atoms with Gasteiger partial charge in [-0.25, -0.2) is 4.79 Å². The molecular weight excluding hydrogens is 256 g/mol. The van der Waals surface area contributed by atoms with Gasteiger partial charge in [0.15, 0.2) is 0 Å². The van der Waals surface area contributed by atoms with Gasteiger partial charge in [0.1, 0.15) is 0 Å². The summed E-state index contributed by atoms with van der Waals surface area (Å²) in [6, 6.07) is -0.175. The normalized spacial score (nSPS) is 16.6. The van der Waals surface area contributed by atoms with Crippen molar-refractivity contribution >= 4 is 12.0 Å². The van der Waals surface area contributed by atoms with Crippen LogP contribution in [0, 0.1) is 11.3 Å². The summed E-state index contributed by atoms with van der Waals surface area (Å²) in [5.41, 5.74) is -0.208. The molecular formula is C15H28N2O3. The van der Waals surface area contributed by atoms with Crippen molar-refractivity contribution < 1.29 is 14.7 Å². The smallest absolute Gasteiger partial charge is 0.314 e. The summed E-state index contributed by atoms with van der Waals surface area (Å²) in [5, 5.41) is 14.5. The zero-order valence-corrected chi connectivity index (χ0v) is 12.7. The number of hydrogen-bond acceptors (Lipinski definition) is 2. The largest absolute Gasteiger partial charge is 0.481 e. The van der Waals surface area contributed by atoms with Crippen LogP contribution >= 0.6 is 0 Å². The van der Waals surface area contributed by atoms with E-state index in [1.165, 1.54) is 6.42 Å². The van der Waals surface area contributed by atoms with Gasteiger partial charge < -0.3 is 15.7 Å². The van der Waals surface area contributed by atoms with Crippen molar-refractivity contribution in [2.24, 2.45) is 11.3 Å². The fourth-order valence-corrected chi connectivity index (χ4v) is 2.62. The molecule has 5 heteroatoms. The first-order valence-corrected chi connectivity index (χ1v) is 7.67. The molecule has 0 atom stereocenters. The Morgan fingerprint density at radius 1 is 1.20 bits per heavy atom. The van der Waals surface area contributed by atoms with Crippen LogP contribution in [0.1, 0.15) is 58.8 Å². The van der Waals surface area contributed by atoms with Crippen LogP contribution in [0.4, 0.5) is 4.79 Å². The number of unbranched alkanes of at least 4 members (excludes halogenated alkanes) is 1. The second-order valence-corrected chi connectivity index (χ2v) is 6.42. The van der Waals surface area contributed by atoms with Gasteiger partial charge in [0.05, 0.1) is 6.42 Å². The zero-order chi connectivity index (χ0) is 15.0. The highest BCUT2D eigenvalue weighted by Crippen LogP contribution is 2.43. The maximum Gasteiger partial charge on any atom is 0.314 e. The van der Waals surface area contributed by atoms with Crippen LogP contribution < -0.4 is 10.6 Å². The Hall–Kier alpha value is -1.26. The first-order chi connectivity index (χ1) is 9.43. The van der Waals surface area contributed by atoms with Gasteiger partial charge in [0.2, 0.25) is 0 Å². The van der Waals surface area contributed by atoms with Crippen LogP contribution in [-0.4, -0.2) is 30.2 Å². The number of urea groups is 1. The number of carbonyl (C=O) groups excluding carboxylic acids is 1. The SMILES string of the molecule is CC(C)CCCCNC(=O)NCC1(CC(=O)O)CCC1. The van der Waals surface area contributed by atoms with Gasteiger partial charge in [0, 0.05) is 13.1 Å². The second kappa shape index (κ2) is 8.12. The summed E-state index contributed by atoms with van der Waals surface area (Å²) in [4.78, 5) is 22.5. The molecule has 5 nitrogen and oxygen atoms in total. The third kappa shape index (κ3) is 6.26. The number of carbonyl (C=O) groups is 2. The van der Waals surface area contributed by atoms with Gasteiger partial charge >= 0.3 is 12.0 Å². The number of rotatable bonds is 9. The molecule has 0 unspecified atom stereocenters. The number of amides is 2. The molecule has 0 heterocycles. The van der Waals surface area contributed by atoms with Crippen molar-refractivity contribution in [1.82, 2.24) is 10.6 Å². The highest BCUT2D eigenvalue weighted by Gasteiger charge is 2.39. The minimum Gasteiger partial charge on any atom is -0.481 e. The summed E-state index contributed by atoms with van der Waals surface area (Å²) >= 11 is 0. The van der Waals surface area contributed by atoms with E-state index in [1.807, 2.05) is 0 Å². The number of hydrogen-bond donors (Lipinski definition) is 3. The van der Waals surface area contributed by atoms with Crippen LogP contribution in [0.3, 0.4) is 0 Å². The topological polar surface area (TPSA) is 78.4 Å². The number of aliphatic carboxylic acids is 1. The molecule has 0 aromatic heterocycles. The van der Waals surface area contributed by atoms with E-state index in [1.54, 1.807) is 0 Å². The van der Waals surface area contributed by atoms with Crippen molar-refractivity contribution in [2.75, 3.05) is 13.1 Å². The zero-order valence-electron chi connectivity index (χ0n) is 12.7. The van der Waals surface area contributed by atoms with Crippen LogP contribution in [0.25, 0.3) is 0 Å². The molecule has 1 fully saturated rings. The maximum absolute atomic E-state index is 11.6. The highest BCUT2D eigenvalue weighted by molar-refractivity contribution is 5.74. The summed E-state index contributed by atoms with van der Waals surface area (Å²) in [7, 11) is 0. The number of carboxylic acid groups (broad SMARTS) is 1. The van der Waals surface area contributed by atoms with E-state index in [0.717, 1.165) is 32.1 Å². The van der Waals surface area contributed by atoms with Crippen molar-refractivity contribution in [2.45, 2.75) is 58.8 Å². The van der Waals surface area contributed by atoms with E-state index in [2.05, 4.69) is 24.5 Å². The third-order valence-corrected chi connectivity index (χ3v) is 4.06. The number of nitrogens with one attached hydrogen (secondary N) is 2. The first kappa shape index (κ1) is 16.8. The Kier molecular flexibility index (Phi) is 6.82. The number of carboxylic acids is 1. The van der Waals surface area contributed by atoms with E-state index >= 15 is 0 Å². The van der Waals surface area contributed by atoms with E-state index in [9.17, 15) is 9.59 Å². The molecule has 1 aliphatic carbocycles. The van der Waals surface area contributed by atoms with E-state index < -0.39 is 5.97 Å². The van der Waals surface area contributed by atoms with Gasteiger partial charge in [-0.1, -0.05) is 33.1 Å². The second-order valence-electron chi connectivity index (χ2n) is 6.42. The minimum absolute atomic E-state index is 0.154. The van der Waals surface area contributed by atoms with Crippen molar-refractivity contribution in [3.05, 3.63) is 0 Å². The van der Waals surface area contributed by atoms with Gasteiger partial charge in [-0.15, -0.1) is 0 Å². The molecule has 3 N–H and O–H groups in total. The van der Waals surface area contributed by atoms with Crippen molar-refractivity contribution in [3.8, 4) is 0 Å². The van der Waals surface area contributed by atoms with Crippen molar-refractivity contribution in [3.63, 3.8) is 0 Å². The van der Waals surface area contributed by atoms with Crippen LogP contribution in [0.5, 0.6) is 0 Å². The molecule has 0 spiro atoms. The third-order valence-electron chi connectivity index (χ3n) is 4.06. The van der Waals surface area contributed by atoms with E-state index in [-0.39, 0.29) is 17.9 Å². The van der Waals surface area contributed by atoms with Crippen LogP contribution in [0.2, 0.25) is 0 Å². The molecule has 0 aliphatic heterocycles. The molecule has 1 rings (SSSR count). The monoisotopic (exact) mass is 284 g/mol. The first-order valence-electron chi connectivity index (χ1n) is 7.67. The van der Waals surface area contributed by atoms with Gasteiger partial charge in [-0.3, -0.25) is 4.79 Å². The van der Waals surface area contributed by atoms with Gasteiger partial charge in [0.25, 0.3) is 0 Å². The van der Waals surface area contributed by atoms with Crippen LogP contribution in [-0.2, 0) is 4.79 Å². The lowest BCUT2D eigenvalue weighted by Gasteiger charge is -2.40. The molecule has 0 bridgehead atoms. The maximum atomic E-state index is 11.6. The fraction of sp³-hybridized carbons (Fsp3) is 0.867. The lowest BCUT2D eigenvalue weighted by molar-refractivity contribution is -0.141. The lowest BCUT2D eigenvalue weighted by Crippen LogP contribution is -2.46. The Balaban J connectivity index is 2.11. The average molecular weight is 284 g/mol. The summed E-state index contributed by atoms with van der Waals surface area (Å²) < 4.78 is 0. The lowest BCUT2D eigenvalue weighted by atomic mass is 9.66.